The minimum absolute atomic E-state index is 0.153. The molecule has 1 atom stereocenters. The van der Waals surface area contributed by atoms with Crippen molar-refractivity contribution < 1.29 is 10.0 Å². The molecular weight excluding hydrogens is 192 g/mol. The zero-order valence-electron chi connectivity index (χ0n) is 8.04. The average molecular weight is 207 g/mol. The Morgan fingerprint density at radius 1 is 1.77 bits per heavy atom. The molecule has 5 heteroatoms. The number of carbonyl (C=O) groups is 1. The summed E-state index contributed by atoms with van der Waals surface area (Å²) in [5.41, 5.74) is -0.545. The number of carbonyl (C=O) groups excluding carboxylic acids is 1. The van der Waals surface area contributed by atoms with E-state index in [0.717, 1.165) is 0 Å². The molecule has 1 unspecified atom stereocenters. The van der Waals surface area contributed by atoms with Gasteiger partial charge in [0.05, 0.1) is 12.1 Å². The largest absolute Gasteiger partial charge is 0.411 e. The molecule has 0 heterocycles. The SMILES string of the molecule is CNC(=O)C(CCl)C(C)(C)C=NO. The summed E-state index contributed by atoms with van der Waals surface area (Å²) in [6.45, 7) is 3.57. The third-order valence-electron chi connectivity index (χ3n) is 2.01. The molecule has 2 N–H and O–H groups in total. The lowest BCUT2D eigenvalue weighted by molar-refractivity contribution is -0.125. The summed E-state index contributed by atoms with van der Waals surface area (Å²) >= 11 is 5.66. The van der Waals surface area contributed by atoms with Gasteiger partial charge < -0.3 is 10.5 Å². The number of amides is 1. The van der Waals surface area contributed by atoms with Gasteiger partial charge in [0.25, 0.3) is 0 Å². The van der Waals surface area contributed by atoms with Crippen LogP contribution < -0.4 is 5.32 Å². The molecule has 0 aromatic carbocycles. The summed E-state index contributed by atoms with van der Waals surface area (Å²) in [6.07, 6.45) is 1.31. The molecule has 13 heavy (non-hydrogen) atoms. The minimum atomic E-state index is -0.545. The fourth-order valence-corrected chi connectivity index (χ4v) is 1.56. The van der Waals surface area contributed by atoms with Crippen LogP contribution in [0, 0.1) is 11.3 Å². The van der Waals surface area contributed by atoms with Gasteiger partial charge in [0.2, 0.25) is 5.91 Å². The maximum atomic E-state index is 11.3. The normalized spacial score (nSPS) is 14.5. The molecule has 0 saturated heterocycles. The van der Waals surface area contributed by atoms with E-state index >= 15 is 0 Å². The highest BCUT2D eigenvalue weighted by Gasteiger charge is 2.32. The van der Waals surface area contributed by atoms with E-state index < -0.39 is 11.3 Å². The summed E-state index contributed by atoms with van der Waals surface area (Å²) < 4.78 is 0. The quantitative estimate of drug-likeness (QED) is 0.313. The third kappa shape index (κ3) is 3.22. The van der Waals surface area contributed by atoms with E-state index in [1.807, 2.05) is 0 Å². The fourth-order valence-electron chi connectivity index (χ4n) is 1.02. The van der Waals surface area contributed by atoms with E-state index in [-0.39, 0.29) is 11.8 Å². The standard InChI is InChI=1S/C8H15ClN2O2/c1-8(2,5-11-13)6(4-9)7(12)10-3/h5-6,13H,4H2,1-3H3,(H,10,12). The van der Waals surface area contributed by atoms with Crippen LogP contribution in [0.4, 0.5) is 0 Å². The molecule has 0 spiro atoms. The molecule has 1 amide bonds. The number of nitrogens with one attached hydrogen (secondary N) is 1. The van der Waals surface area contributed by atoms with E-state index in [9.17, 15) is 4.79 Å². The number of hydrogen-bond acceptors (Lipinski definition) is 3. The van der Waals surface area contributed by atoms with E-state index in [0.29, 0.717) is 0 Å². The highest BCUT2D eigenvalue weighted by atomic mass is 35.5. The van der Waals surface area contributed by atoms with Crippen LogP contribution in [0.1, 0.15) is 13.8 Å². The van der Waals surface area contributed by atoms with Crippen molar-refractivity contribution in [2.75, 3.05) is 12.9 Å². The van der Waals surface area contributed by atoms with Crippen molar-refractivity contribution in [3.8, 4) is 0 Å². The lowest BCUT2D eigenvalue weighted by atomic mass is 9.80. The molecule has 0 aliphatic rings. The van der Waals surface area contributed by atoms with Gasteiger partial charge in [-0.2, -0.15) is 0 Å². The second kappa shape index (κ2) is 5.07. The molecular formula is C8H15ClN2O2. The van der Waals surface area contributed by atoms with Gasteiger partial charge in [-0.25, -0.2) is 0 Å². The molecule has 0 aliphatic heterocycles. The van der Waals surface area contributed by atoms with E-state index in [1.54, 1.807) is 20.9 Å². The maximum Gasteiger partial charge on any atom is 0.224 e. The Bertz CT molecular complexity index is 204. The Morgan fingerprint density at radius 2 is 2.31 bits per heavy atom. The molecule has 0 radical (unpaired) electrons. The first kappa shape index (κ1) is 12.2. The Kier molecular flexibility index (Phi) is 4.77. The van der Waals surface area contributed by atoms with Crippen LogP contribution in [-0.2, 0) is 4.79 Å². The second-order valence-electron chi connectivity index (χ2n) is 3.39. The molecule has 0 saturated carbocycles. The van der Waals surface area contributed by atoms with Crippen molar-refractivity contribution in [2.45, 2.75) is 13.8 Å². The lowest BCUT2D eigenvalue weighted by Crippen LogP contribution is -2.39. The number of nitrogens with zero attached hydrogens (tertiary/aromatic N) is 1. The zero-order valence-corrected chi connectivity index (χ0v) is 8.80. The highest BCUT2D eigenvalue weighted by molar-refractivity contribution is 6.19. The van der Waals surface area contributed by atoms with Gasteiger partial charge in [-0.1, -0.05) is 13.8 Å². The molecule has 76 valence electrons. The van der Waals surface area contributed by atoms with Gasteiger partial charge in [-0.15, -0.1) is 16.8 Å². The highest BCUT2D eigenvalue weighted by Crippen LogP contribution is 2.25. The first-order valence-electron chi connectivity index (χ1n) is 3.95. The van der Waals surface area contributed by atoms with Crippen LogP contribution in [0.25, 0.3) is 0 Å². The average Bonchev–Trinajstić information content (AvgIpc) is 2.04. The van der Waals surface area contributed by atoms with Gasteiger partial charge in [0.15, 0.2) is 0 Å². The molecule has 4 nitrogen and oxygen atoms in total. The van der Waals surface area contributed by atoms with Crippen molar-refractivity contribution in [3.63, 3.8) is 0 Å². The van der Waals surface area contributed by atoms with Crippen molar-refractivity contribution >= 4 is 23.7 Å². The monoisotopic (exact) mass is 206 g/mol. The van der Waals surface area contributed by atoms with E-state index in [1.165, 1.54) is 6.21 Å². The molecule has 0 aromatic heterocycles. The predicted octanol–water partition coefficient (Wildman–Crippen LogP) is 1.07. The maximum absolute atomic E-state index is 11.3. The Morgan fingerprint density at radius 3 is 2.62 bits per heavy atom. The summed E-state index contributed by atoms with van der Waals surface area (Å²) in [7, 11) is 1.55. The number of hydrogen-bond donors (Lipinski definition) is 2. The van der Waals surface area contributed by atoms with Crippen LogP contribution >= 0.6 is 11.6 Å². The third-order valence-corrected chi connectivity index (χ3v) is 2.31. The molecule has 0 aromatic rings. The Hall–Kier alpha value is -0.770. The summed E-state index contributed by atoms with van der Waals surface area (Å²) in [6, 6.07) is 0. The van der Waals surface area contributed by atoms with Gasteiger partial charge in [-0.05, 0) is 0 Å². The number of rotatable bonds is 4. The smallest absolute Gasteiger partial charge is 0.224 e. The zero-order chi connectivity index (χ0) is 10.5. The first-order valence-corrected chi connectivity index (χ1v) is 4.49. The summed E-state index contributed by atoms with van der Waals surface area (Å²) in [4.78, 5) is 11.3. The van der Waals surface area contributed by atoms with Gasteiger partial charge >= 0.3 is 0 Å². The van der Waals surface area contributed by atoms with Crippen LogP contribution in [0.3, 0.4) is 0 Å². The number of halogens is 1. The van der Waals surface area contributed by atoms with Gasteiger partial charge in [0, 0.05) is 18.3 Å². The van der Waals surface area contributed by atoms with E-state index in [4.69, 9.17) is 16.8 Å². The van der Waals surface area contributed by atoms with Crippen LogP contribution in [-0.4, -0.2) is 30.3 Å². The number of oxime groups is 1. The van der Waals surface area contributed by atoms with Crippen molar-refractivity contribution in [3.05, 3.63) is 0 Å². The lowest BCUT2D eigenvalue weighted by Gasteiger charge is -2.26. The van der Waals surface area contributed by atoms with Crippen LogP contribution in [0.5, 0.6) is 0 Å². The van der Waals surface area contributed by atoms with Crippen LogP contribution in [0.2, 0.25) is 0 Å². The van der Waals surface area contributed by atoms with Crippen molar-refractivity contribution in [1.29, 1.82) is 0 Å². The molecule has 0 bridgehead atoms. The Labute approximate surface area is 83.0 Å². The molecule has 0 rings (SSSR count). The van der Waals surface area contributed by atoms with Gasteiger partial charge in [-0.3, -0.25) is 4.79 Å². The number of alkyl halides is 1. The van der Waals surface area contributed by atoms with Gasteiger partial charge in [0.1, 0.15) is 0 Å². The first-order chi connectivity index (χ1) is 5.99. The van der Waals surface area contributed by atoms with Crippen molar-refractivity contribution in [1.82, 2.24) is 5.32 Å². The minimum Gasteiger partial charge on any atom is -0.411 e. The summed E-state index contributed by atoms with van der Waals surface area (Å²) in [5.74, 6) is -0.353. The topological polar surface area (TPSA) is 61.7 Å². The molecule has 0 fully saturated rings. The Balaban J connectivity index is 4.64. The second-order valence-corrected chi connectivity index (χ2v) is 3.70. The summed E-state index contributed by atoms with van der Waals surface area (Å²) in [5, 5.41) is 13.8. The van der Waals surface area contributed by atoms with E-state index in [2.05, 4.69) is 10.5 Å². The van der Waals surface area contributed by atoms with Crippen molar-refractivity contribution in [2.24, 2.45) is 16.5 Å². The fraction of sp³-hybridized carbons (Fsp3) is 0.750. The predicted molar refractivity (Wildman–Crippen MR) is 52.3 cm³/mol. The van der Waals surface area contributed by atoms with Crippen LogP contribution in [0.15, 0.2) is 5.16 Å². The molecule has 0 aliphatic carbocycles.